The summed E-state index contributed by atoms with van der Waals surface area (Å²) >= 11 is 0. The van der Waals surface area contributed by atoms with Gasteiger partial charge in [0, 0.05) is 17.8 Å². The summed E-state index contributed by atoms with van der Waals surface area (Å²) in [5.41, 5.74) is 6.26. The third kappa shape index (κ3) is 4.85. The van der Waals surface area contributed by atoms with Gasteiger partial charge in [-0.15, -0.1) is 0 Å². The van der Waals surface area contributed by atoms with Crippen molar-refractivity contribution in [1.29, 1.82) is 0 Å². The highest BCUT2D eigenvalue weighted by Gasteiger charge is 2.13. The summed E-state index contributed by atoms with van der Waals surface area (Å²) < 4.78 is 7.40. The standard InChI is InChI=1S/C28H29N3O/c1-21-12-17-27-29-28(24-13-15-25(32-4)16-14-24)26(31(27)20-21)11-8-18-30(3)22(2)19-23-9-6-5-7-10-23/h5-7,9-10,12-17,20,22H,18-19H2,1-4H3. The van der Waals surface area contributed by atoms with E-state index in [9.17, 15) is 0 Å². The first-order valence-electron chi connectivity index (χ1n) is 10.9. The Morgan fingerprint density at radius 2 is 1.78 bits per heavy atom. The molecule has 2 aromatic carbocycles. The zero-order chi connectivity index (χ0) is 22.5. The van der Waals surface area contributed by atoms with Crippen molar-refractivity contribution in [3.05, 3.63) is 89.7 Å². The number of fused-ring (bicyclic) bond motifs is 1. The van der Waals surface area contributed by atoms with Gasteiger partial charge in [0.15, 0.2) is 0 Å². The quantitative estimate of drug-likeness (QED) is 0.398. The van der Waals surface area contributed by atoms with Gasteiger partial charge >= 0.3 is 0 Å². The molecule has 4 aromatic rings. The third-order valence-corrected chi connectivity index (χ3v) is 5.79. The highest BCUT2D eigenvalue weighted by atomic mass is 16.5. The number of benzene rings is 2. The molecule has 162 valence electrons. The highest BCUT2D eigenvalue weighted by Crippen LogP contribution is 2.26. The van der Waals surface area contributed by atoms with Gasteiger partial charge in [-0.25, -0.2) is 4.98 Å². The van der Waals surface area contributed by atoms with Crippen LogP contribution in [0.4, 0.5) is 0 Å². The van der Waals surface area contributed by atoms with Gasteiger partial charge in [-0.3, -0.25) is 9.30 Å². The second kappa shape index (κ2) is 9.72. The zero-order valence-corrected chi connectivity index (χ0v) is 19.2. The third-order valence-electron chi connectivity index (χ3n) is 5.79. The van der Waals surface area contributed by atoms with Crippen molar-refractivity contribution in [3.63, 3.8) is 0 Å². The molecule has 0 saturated heterocycles. The zero-order valence-electron chi connectivity index (χ0n) is 19.2. The van der Waals surface area contributed by atoms with Crippen molar-refractivity contribution >= 4 is 5.65 Å². The van der Waals surface area contributed by atoms with Crippen LogP contribution in [0.1, 0.15) is 23.7 Å². The maximum absolute atomic E-state index is 5.31. The van der Waals surface area contributed by atoms with Gasteiger partial charge < -0.3 is 4.74 Å². The maximum atomic E-state index is 5.31. The Balaban J connectivity index is 1.60. The van der Waals surface area contributed by atoms with Gasteiger partial charge in [-0.05, 0) is 74.7 Å². The fraction of sp³-hybridized carbons (Fsp3) is 0.250. The predicted octanol–water partition coefficient (Wildman–Crippen LogP) is 5.23. The van der Waals surface area contributed by atoms with Gasteiger partial charge in [-0.2, -0.15) is 0 Å². The number of rotatable bonds is 6. The molecule has 0 aliphatic carbocycles. The predicted molar refractivity (Wildman–Crippen MR) is 131 cm³/mol. The summed E-state index contributed by atoms with van der Waals surface area (Å²) in [7, 11) is 3.81. The molecule has 0 spiro atoms. The Bertz CT molecular complexity index is 1250. The van der Waals surface area contributed by atoms with Crippen LogP contribution in [0.5, 0.6) is 5.75 Å². The second-order valence-corrected chi connectivity index (χ2v) is 8.23. The molecule has 0 aliphatic rings. The smallest absolute Gasteiger partial charge is 0.138 e. The van der Waals surface area contributed by atoms with Crippen LogP contribution in [0.3, 0.4) is 0 Å². The summed E-state index contributed by atoms with van der Waals surface area (Å²) in [5, 5.41) is 0. The van der Waals surface area contributed by atoms with Crippen LogP contribution in [0.2, 0.25) is 0 Å². The van der Waals surface area contributed by atoms with Gasteiger partial charge in [0.2, 0.25) is 0 Å². The lowest BCUT2D eigenvalue weighted by atomic mass is 10.1. The molecule has 1 unspecified atom stereocenters. The molecule has 0 amide bonds. The maximum Gasteiger partial charge on any atom is 0.138 e. The first kappa shape index (κ1) is 21.7. The molecular weight excluding hydrogens is 394 g/mol. The normalized spacial score (nSPS) is 11.9. The van der Waals surface area contributed by atoms with E-state index in [1.807, 2.05) is 30.3 Å². The Hall–Kier alpha value is -3.55. The number of pyridine rings is 1. The van der Waals surface area contributed by atoms with E-state index in [4.69, 9.17) is 9.72 Å². The number of hydrogen-bond acceptors (Lipinski definition) is 3. The van der Waals surface area contributed by atoms with Crippen molar-refractivity contribution in [3.8, 4) is 28.8 Å². The fourth-order valence-electron chi connectivity index (χ4n) is 3.74. The van der Waals surface area contributed by atoms with Crippen LogP contribution in [-0.4, -0.2) is 41.0 Å². The van der Waals surface area contributed by atoms with Crippen LogP contribution >= 0.6 is 0 Å². The van der Waals surface area contributed by atoms with Crippen molar-refractivity contribution in [2.75, 3.05) is 20.7 Å². The van der Waals surface area contributed by atoms with Gasteiger partial charge in [0.1, 0.15) is 22.8 Å². The largest absolute Gasteiger partial charge is 0.497 e. The van der Waals surface area contributed by atoms with E-state index >= 15 is 0 Å². The summed E-state index contributed by atoms with van der Waals surface area (Å²) in [6.45, 7) is 5.02. The molecule has 0 N–H and O–H groups in total. The lowest BCUT2D eigenvalue weighted by Gasteiger charge is -2.22. The van der Waals surface area contributed by atoms with Gasteiger partial charge in [0.05, 0.1) is 13.7 Å². The van der Waals surface area contributed by atoms with Gasteiger partial charge in [-0.1, -0.05) is 42.3 Å². The van der Waals surface area contributed by atoms with Crippen LogP contribution in [0, 0.1) is 18.8 Å². The molecule has 4 rings (SSSR count). The van der Waals surface area contributed by atoms with E-state index < -0.39 is 0 Å². The Kier molecular flexibility index (Phi) is 6.58. The summed E-state index contributed by atoms with van der Waals surface area (Å²) in [4.78, 5) is 7.17. The van der Waals surface area contributed by atoms with Crippen molar-refractivity contribution in [2.24, 2.45) is 0 Å². The highest BCUT2D eigenvalue weighted by molar-refractivity contribution is 5.70. The Labute approximate surface area is 190 Å². The Morgan fingerprint density at radius 3 is 2.50 bits per heavy atom. The average Bonchev–Trinajstić information content (AvgIpc) is 3.17. The molecule has 0 fully saturated rings. The molecule has 2 heterocycles. The molecule has 0 radical (unpaired) electrons. The average molecular weight is 424 g/mol. The molecule has 0 aliphatic heterocycles. The number of nitrogens with zero attached hydrogens (tertiary/aromatic N) is 3. The SMILES string of the molecule is COc1ccc(-c2nc3ccc(C)cn3c2C#CCN(C)C(C)Cc2ccccc2)cc1. The molecule has 32 heavy (non-hydrogen) atoms. The lowest BCUT2D eigenvalue weighted by Crippen LogP contribution is -2.31. The second-order valence-electron chi connectivity index (χ2n) is 8.23. The minimum absolute atomic E-state index is 0.400. The molecule has 0 bridgehead atoms. The molecule has 4 nitrogen and oxygen atoms in total. The monoisotopic (exact) mass is 423 g/mol. The molecule has 0 saturated carbocycles. The van der Waals surface area contributed by atoms with Crippen LogP contribution in [-0.2, 0) is 6.42 Å². The van der Waals surface area contributed by atoms with E-state index in [2.05, 4.69) is 84.6 Å². The molecule has 2 aromatic heterocycles. The van der Waals surface area contributed by atoms with E-state index in [0.717, 1.165) is 34.8 Å². The van der Waals surface area contributed by atoms with Crippen LogP contribution in [0.25, 0.3) is 16.9 Å². The number of hydrogen-bond donors (Lipinski definition) is 0. The number of likely N-dealkylation sites (N-methyl/N-ethyl adjacent to an activating group) is 1. The Morgan fingerprint density at radius 1 is 1.03 bits per heavy atom. The van der Waals surface area contributed by atoms with Crippen molar-refractivity contribution in [1.82, 2.24) is 14.3 Å². The number of imidazole rings is 1. The van der Waals surface area contributed by atoms with Crippen molar-refractivity contribution in [2.45, 2.75) is 26.3 Å². The van der Waals surface area contributed by atoms with E-state index in [0.29, 0.717) is 12.6 Å². The molecule has 4 heteroatoms. The van der Waals surface area contributed by atoms with E-state index in [1.165, 1.54) is 11.1 Å². The van der Waals surface area contributed by atoms with Crippen LogP contribution in [0.15, 0.2) is 72.9 Å². The summed E-state index contributed by atoms with van der Waals surface area (Å²) in [6, 6.07) is 23.1. The van der Waals surface area contributed by atoms with E-state index in [-0.39, 0.29) is 0 Å². The van der Waals surface area contributed by atoms with E-state index in [1.54, 1.807) is 7.11 Å². The number of ether oxygens (including phenoxy) is 1. The summed E-state index contributed by atoms with van der Waals surface area (Å²) in [5.74, 6) is 7.64. The fourth-order valence-corrected chi connectivity index (χ4v) is 3.74. The minimum Gasteiger partial charge on any atom is -0.497 e. The number of aryl methyl sites for hydroxylation is 1. The topological polar surface area (TPSA) is 29.8 Å². The van der Waals surface area contributed by atoms with Crippen LogP contribution < -0.4 is 4.74 Å². The lowest BCUT2D eigenvalue weighted by molar-refractivity contribution is 0.287. The van der Waals surface area contributed by atoms with Crippen molar-refractivity contribution < 1.29 is 4.74 Å². The van der Waals surface area contributed by atoms with Gasteiger partial charge in [0.25, 0.3) is 0 Å². The molecule has 1 atom stereocenters. The minimum atomic E-state index is 0.400. The molecular formula is C28H29N3O. The first-order valence-corrected chi connectivity index (χ1v) is 10.9. The number of methoxy groups -OCH3 is 1. The first-order chi connectivity index (χ1) is 15.5. The number of aromatic nitrogens is 2. The summed E-state index contributed by atoms with van der Waals surface area (Å²) in [6.07, 6.45) is 3.10.